The number of benzene rings is 1. The van der Waals surface area contributed by atoms with Gasteiger partial charge in [0.15, 0.2) is 0 Å². The maximum Gasteiger partial charge on any atom is 0.255 e. The fourth-order valence-electron chi connectivity index (χ4n) is 1.27. The minimum atomic E-state index is -0.225. The van der Waals surface area contributed by atoms with Crippen LogP contribution in [0, 0.1) is 11.3 Å². The molecule has 3 heteroatoms. The van der Waals surface area contributed by atoms with E-state index in [2.05, 4.69) is 33.0 Å². The number of carbonyl (C=O) groups is 1. The van der Waals surface area contributed by atoms with Crippen molar-refractivity contribution < 1.29 is 9.90 Å². The molecule has 3 nitrogen and oxygen atoms in total. The van der Waals surface area contributed by atoms with E-state index in [-0.39, 0.29) is 17.1 Å². The Bertz CT molecular complexity index is 397. The molecule has 1 amide bonds. The molecule has 0 unspecified atom stereocenters. The quantitative estimate of drug-likeness (QED) is 0.843. The lowest BCUT2D eigenvalue weighted by Gasteiger charge is -2.29. The minimum Gasteiger partial charge on any atom is -0.507 e. The van der Waals surface area contributed by atoms with Crippen LogP contribution in [0.5, 0.6) is 5.75 Å². The lowest BCUT2D eigenvalue weighted by Crippen LogP contribution is -2.36. The Hall–Kier alpha value is -1.51. The molecule has 0 saturated heterocycles. The third-order valence-electron chi connectivity index (χ3n) is 3.42. The first-order valence-corrected chi connectivity index (χ1v) is 5.91. The summed E-state index contributed by atoms with van der Waals surface area (Å²) in [6.45, 7) is 9.09. The number of hydrogen-bond donors (Lipinski definition) is 2. The van der Waals surface area contributed by atoms with Gasteiger partial charge in [0.1, 0.15) is 5.75 Å². The summed E-state index contributed by atoms with van der Waals surface area (Å²) in [7, 11) is 0. The molecule has 0 bridgehead atoms. The Morgan fingerprint density at radius 2 is 1.94 bits per heavy atom. The molecule has 0 saturated carbocycles. The first kappa shape index (κ1) is 13.6. The predicted molar refractivity (Wildman–Crippen MR) is 69.1 cm³/mol. The molecule has 0 fully saturated rings. The Kier molecular flexibility index (Phi) is 4.16. The van der Waals surface area contributed by atoms with Crippen molar-refractivity contribution in [3.05, 3.63) is 29.8 Å². The van der Waals surface area contributed by atoms with E-state index in [9.17, 15) is 9.90 Å². The van der Waals surface area contributed by atoms with Crippen molar-refractivity contribution in [2.45, 2.75) is 27.7 Å². The molecule has 0 aliphatic carbocycles. The van der Waals surface area contributed by atoms with E-state index < -0.39 is 0 Å². The van der Waals surface area contributed by atoms with Crippen LogP contribution in [0.4, 0.5) is 0 Å². The zero-order valence-corrected chi connectivity index (χ0v) is 10.9. The van der Waals surface area contributed by atoms with E-state index in [0.29, 0.717) is 18.0 Å². The van der Waals surface area contributed by atoms with Gasteiger partial charge in [-0.2, -0.15) is 0 Å². The second-order valence-electron chi connectivity index (χ2n) is 5.34. The average Bonchev–Trinajstić information content (AvgIpc) is 2.26. The third-order valence-corrected chi connectivity index (χ3v) is 3.42. The molecule has 2 N–H and O–H groups in total. The molecule has 0 aliphatic rings. The van der Waals surface area contributed by atoms with Gasteiger partial charge in [0.2, 0.25) is 0 Å². The largest absolute Gasteiger partial charge is 0.507 e. The van der Waals surface area contributed by atoms with Gasteiger partial charge in [-0.3, -0.25) is 4.79 Å². The van der Waals surface area contributed by atoms with Crippen LogP contribution in [0.1, 0.15) is 38.1 Å². The van der Waals surface area contributed by atoms with E-state index in [0.717, 1.165) is 0 Å². The fraction of sp³-hybridized carbons (Fsp3) is 0.500. The van der Waals surface area contributed by atoms with Gasteiger partial charge >= 0.3 is 0 Å². The van der Waals surface area contributed by atoms with Gasteiger partial charge in [0.05, 0.1) is 5.56 Å². The van der Waals surface area contributed by atoms with E-state index in [1.54, 1.807) is 18.2 Å². The van der Waals surface area contributed by atoms with Crippen LogP contribution in [-0.2, 0) is 0 Å². The topological polar surface area (TPSA) is 49.3 Å². The molecular weight excluding hydrogens is 214 g/mol. The number of amides is 1. The first-order chi connectivity index (χ1) is 7.84. The van der Waals surface area contributed by atoms with Crippen molar-refractivity contribution in [3.63, 3.8) is 0 Å². The van der Waals surface area contributed by atoms with E-state index in [4.69, 9.17) is 0 Å². The van der Waals surface area contributed by atoms with Crippen LogP contribution >= 0.6 is 0 Å². The lowest BCUT2D eigenvalue weighted by atomic mass is 9.81. The highest BCUT2D eigenvalue weighted by molar-refractivity contribution is 5.96. The Morgan fingerprint density at radius 3 is 2.47 bits per heavy atom. The van der Waals surface area contributed by atoms with Crippen molar-refractivity contribution in [2.75, 3.05) is 6.54 Å². The molecule has 1 aromatic carbocycles. The monoisotopic (exact) mass is 235 g/mol. The maximum atomic E-state index is 11.9. The fourth-order valence-corrected chi connectivity index (χ4v) is 1.27. The Balaban J connectivity index is 2.66. The number of para-hydroxylation sites is 1. The molecule has 94 valence electrons. The summed E-state index contributed by atoms with van der Waals surface area (Å²) in [5, 5.41) is 12.4. The number of phenols is 1. The van der Waals surface area contributed by atoms with Crippen molar-refractivity contribution in [1.82, 2.24) is 5.32 Å². The highest BCUT2D eigenvalue weighted by Gasteiger charge is 2.23. The number of rotatable bonds is 4. The van der Waals surface area contributed by atoms with E-state index in [1.807, 2.05) is 0 Å². The van der Waals surface area contributed by atoms with Gasteiger partial charge in [-0.25, -0.2) is 0 Å². The number of nitrogens with one attached hydrogen (secondary N) is 1. The Morgan fingerprint density at radius 1 is 1.35 bits per heavy atom. The van der Waals surface area contributed by atoms with Crippen LogP contribution in [-0.4, -0.2) is 17.6 Å². The molecule has 1 aromatic rings. The van der Waals surface area contributed by atoms with Crippen molar-refractivity contribution in [2.24, 2.45) is 11.3 Å². The minimum absolute atomic E-state index is 0.0207. The molecule has 0 heterocycles. The number of hydrogen-bond acceptors (Lipinski definition) is 2. The summed E-state index contributed by atoms with van der Waals surface area (Å²) in [5.41, 5.74) is 0.368. The summed E-state index contributed by atoms with van der Waals surface area (Å²) in [5.74, 6) is 0.274. The van der Waals surface area contributed by atoms with Crippen LogP contribution in [0.25, 0.3) is 0 Å². The van der Waals surface area contributed by atoms with Gasteiger partial charge in [-0.05, 0) is 23.5 Å². The first-order valence-electron chi connectivity index (χ1n) is 5.91. The lowest BCUT2D eigenvalue weighted by molar-refractivity contribution is 0.0922. The maximum absolute atomic E-state index is 11.9. The summed E-state index contributed by atoms with van der Waals surface area (Å²) < 4.78 is 0. The van der Waals surface area contributed by atoms with Crippen molar-refractivity contribution >= 4 is 5.91 Å². The number of aromatic hydroxyl groups is 1. The molecule has 0 spiro atoms. The summed E-state index contributed by atoms with van der Waals surface area (Å²) in [4.78, 5) is 11.9. The second kappa shape index (κ2) is 5.21. The van der Waals surface area contributed by atoms with E-state index in [1.165, 1.54) is 6.07 Å². The molecule has 1 rings (SSSR count). The summed E-state index contributed by atoms with van der Waals surface area (Å²) >= 11 is 0. The van der Waals surface area contributed by atoms with Crippen LogP contribution in [0.15, 0.2) is 24.3 Å². The van der Waals surface area contributed by atoms with Gasteiger partial charge in [-0.1, -0.05) is 39.8 Å². The van der Waals surface area contributed by atoms with Gasteiger partial charge in [0.25, 0.3) is 5.91 Å². The predicted octanol–water partition coefficient (Wildman–Crippen LogP) is 2.80. The van der Waals surface area contributed by atoms with Crippen LogP contribution in [0.3, 0.4) is 0 Å². The molecule has 0 radical (unpaired) electrons. The van der Waals surface area contributed by atoms with Crippen LogP contribution in [0.2, 0.25) is 0 Å². The van der Waals surface area contributed by atoms with Gasteiger partial charge < -0.3 is 10.4 Å². The standard InChI is InChI=1S/C14H21NO2/c1-10(2)14(3,4)9-15-13(17)11-7-5-6-8-12(11)16/h5-8,10,16H,9H2,1-4H3,(H,15,17). The highest BCUT2D eigenvalue weighted by atomic mass is 16.3. The molecule has 0 aliphatic heterocycles. The number of phenolic OH excluding ortho intramolecular Hbond substituents is 1. The zero-order chi connectivity index (χ0) is 13.1. The Labute approximate surface area is 103 Å². The molecular formula is C14H21NO2. The van der Waals surface area contributed by atoms with Gasteiger partial charge in [0, 0.05) is 6.54 Å². The van der Waals surface area contributed by atoms with Gasteiger partial charge in [-0.15, -0.1) is 0 Å². The second-order valence-corrected chi connectivity index (χ2v) is 5.34. The molecule has 0 atom stereocenters. The summed E-state index contributed by atoms with van der Waals surface area (Å²) in [6.07, 6.45) is 0. The SMILES string of the molecule is CC(C)C(C)(C)CNC(=O)c1ccccc1O. The van der Waals surface area contributed by atoms with Crippen LogP contribution < -0.4 is 5.32 Å². The van der Waals surface area contributed by atoms with Crippen molar-refractivity contribution in [3.8, 4) is 5.75 Å². The van der Waals surface area contributed by atoms with E-state index >= 15 is 0 Å². The molecule has 17 heavy (non-hydrogen) atoms. The number of carbonyl (C=O) groups excluding carboxylic acids is 1. The zero-order valence-electron chi connectivity index (χ0n) is 10.9. The molecule has 0 aromatic heterocycles. The summed E-state index contributed by atoms with van der Waals surface area (Å²) in [6, 6.07) is 6.57. The average molecular weight is 235 g/mol. The third kappa shape index (κ3) is 3.48. The highest BCUT2D eigenvalue weighted by Crippen LogP contribution is 2.25. The smallest absolute Gasteiger partial charge is 0.255 e. The van der Waals surface area contributed by atoms with Crippen molar-refractivity contribution in [1.29, 1.82) is 0 Å². The normalized spacial score (nSPS) is 11.6.